The molecule has 4 aromatic rings. The topological polar surface area (TPSA) is 210 Å². The van der Waals surface area contributed by atoms with Gasteiger partial charge >= 0.3 is 11.9 Å². The first-order valence-electron chi connectivity index (χ1n) is 16.2. The number of ether oxygens (including phenoxy) is 2. The highest BCUT2D eigenvalue weighted by Crippen LogP contribution is 2.27. The van der Waals surface area contributed by atoms with Crippen LogP contribution in [0.4, 0.5) is 0 Å². The molecule has 0 heterocycles. The number of hydrogen-bond acceptors (Lipinski definition) is 10. The molecule has 0 aliphatic heterocycles. The summed E-state index contributed by atoms with van der Waals surface area (Å²) in [6.07, 6.45) is -1.53. The lowest BCUT2D eigenvalue weighted by Crippen LogP contribution is -2.52. The Labute approximate surface area is 301 Å². The van der Waals surface area contributed by atoms with E-state index in [1.165, 1.54) is 0 Å². The van der Waals surface area contributed by atoms with Crippen LogP contribution in [0, 0.1) is 22.7 Å². The number of esters is 2. The van der Waals surface area contributed by atoms with E-state index >= 15 is 0 Å². The number of carbonyl (C=O) groups excluding carboxylic acids is 4. The van der Waals surface area contributed by atoms with Crippen molar-refractivity contribution < 1.29 is 28.7 Å². The molecule has 0 aliphatic rings. The van der Waals surface area contributed by atoms with Crippen LogP contribution in [0.25, 0.3) is 0 Å². The van der Waals surface area contributed by atoms with Crippen LogP contribution in [-0.4, -0.2) is 36.2 Å². The summed E-state index contributed by atoms with van der Waals surface area (Å²) in [7, 11) is 0. The van der Waals surface area contributed by atoms with Crippen molar-refractivity contribution in [3.8, 4) is 12.1 Å². The van der Waals surface area contributed by atoms with Crippen molar-refractivity contribution >= 4 is 23.8 Å². The molecule has 12 heteroatoms. The van der Waals surface area contributed by atoms with Gasteiger partial charge in [-0.2, -0.15) is 10.5 Å². The molecule has 0 bridgehead atoms. The Morgan fingerprint density at radius 2 is 1.00 bits per heavy atom. The van der Waals surface area contributed by atoms with E-state index in [1.54, 1.807) is 50.2 Å². The van der Waals surface area contributed by atoms with Crippen LogP contribution in [-0.2, 0) is 52.6 Å². The van der Waals surface area contributed by atoms with Gasteiger partial charge in [-0.1, -0.05) is 84.9 Å². The maximum Gasteiger partial charge on any atom is 0.333 e. The van der Waals surface area contributed by atoms with Crippen molar-refractivity contribution in [2.75, 3.05) is 0 Å². The summed E-state index contributed by atoms with van der Waals surface area (Å²) in [6, 6.07) is 36.3. The molecule has 4 rings (SSSR count). The highest BCUT2D eigenvalue weighted by atomic mass is 16.6. The van der Waals surface area contributed by atoms with E-state index in [9.17, 15) is 29.7 Å². The molecule has 264 valence electrons. The Morgan fingerprint density at radius 3 is 1.35 bits per heavy atom. The molecule has 0 radical (unpaired) electrons. The van der Waals surface area contributed by atoms with E-state index in [-0.39, 0.29) is 12.8 Å². The highest BCUT2D eigenvalue weighted by Gasteiger charge is 2.33. The van der Waals surface area contributed by atoms with Crippen molar-refractivity contribution in [2.24, 2.45) is 11.5 Å². The summed E-state index contributed by atoms with van der Waals surface area (Å²) in [5, 5.41) is 24.3. The van der Waals surface area contributed by atoms with Gasteiger partial charge in [-0.3, -0.25) is 21.1 Å². The minimum Gasteiger partial charge on any atom is -0.434 e. The molecule has 6 N–H and O–H groups in total. The molecular formula is C40H38N6O6. The molecule has 52 heavy (non-hydrogen) atoms. The molecule has 4 aromatic carbocycles. The van der Waals surface area contributed by atoms with Gasteiger partial charge in [0.25, 0.3) is 11.8 Å². The molecule has 0 fully saturated rings. The van der Waals surface area contributed by atoms with Gasteiger partial charge in [0, 0.05) is 12.2 Å². The summed E-state index contributed by atoms with van der Waals surface area (Å²) < 4.78 is 10.1. The Bertz CT molecular complexity index is 1880. The van der Waals surface area contributed by atoms with Gasteiger partial charge < -0.3 is 20.1 Å². The van der Waals surface area contributed by atoms with Crippen molar-refractivity contribution in [3.63, 3.8) is 0 Å². The second kappa shape index (κ2) is 17.4. The monoisotopic (exact) mass is 698 g/mol. The summed E-state index contributed by atoms with van der Waals surface area (Å²) in [5.41, 5.74) is 13.8. The predicted octanol–water partition coefficient (Wildman–Crippen LogP) is 3.49. The van der Waals surface area contributed by atoms with E-state index in [0.717, 1.165) is 22.3 Å². The molecular weight excluding hydrogens is 660 g/mol. The zero-order valence-corrected chi connectivity index (χ0v) is 28.6. The number of benzene rings is 4. The van der Waals surface area contributed by atoms with Gasteiger partial charge in [-0.25, -0.2) is 9.59 Å². The number of rotatable bonds is 14. The second-order valence-corrected chi connectivity index (χ2v) is 12.4. The fraction of sp³-hybridized carbons (Fsp3) is 0.200. The van der Waals surface area contributed by atoms with Crippen molar-refractivity contribution in [1.82, 2.24) is 10.6 Å². The van der Waals surface area contributed by atoms with Gasteiger partial charge in [0.2, 0.25) is 12.5 Å². The predicted molar refractivity (Wildman–Crippen MR) is 191 cm³/mol. The Kier molecular flexibility index (Phi) is 12.8. The fourth-order valence-corrected chi connectivity index (χ4v) is 5.63. The summed E-state index contributed by atoms with van der Waals surface area (Å²) in [5.74, 6) is -3.88. The molecule has 0 saturated heterocycles. The first kappa shape index (κ1) is 38.2. The first-order valence-corrected chi connectivity index (χ1v) is 16.2. The average molecular weight is 699 g/mol. The van der Waals surface area contributed by atoms with Crippen LogP contribution < -0.4 is 22.1 Å². The number of nitrogens with zero attached hydrogens (tertiary/aromatic N) is 2. The summed E-state index contributed by atoms with van der Waals surface area (Å²) in [4.78, 5) is 51.3. The maximum atomic E-state index is 13.1. The smallest absolute Gasteiger partial charge is 0.333 e. The molecule has 0 aliphatic carbocycles. The molecule has 0 spiro atoms. The third kappa shape index (κ3) is 10.5. The van der Waals surface area contributed by atoms with Crippen LogP contribution >= 0.6 is 0 Å². The summed E-state index contributed by atoms with van der Waals surface area (Å²) >= 11 is 0. The van der Waals surface area contributed by atoms with Crippen LogP contribution in [0.3, 0.4) is 0 Å². The van der Waals surface area contributed by atoms with Gasteiger partial charge in [-0.15, -0.1) is 0 Å². The number of amides is 2. The lowest BCUT2D eigenvalue weighted by atomic mass is 9.85. The number of hydrogen-bond donors (Lipinski definition) is 4. The van der Waals surface area contributed by atoms with Crippen LogP contribution in [0.5, 0.6) is 0 Å². The first-order chi connectivity index (χ1) is 24.8. The summed E-state index contributed by atoms with van der Waals surface area (Å²) in [6.45, 7) is 3.55. The fourth-order valence-electron chi connectivity index (χ4n) is 5.63. The highest BCUT2D eigenvalue weighted by molar-refractivity contribution is 5.94. The zero-order valence-electron chi connectivity index (χ0n) is 28.6. The van der Waals surface area contributed by atoms with Crippen LogP contribution in [0.1, 0.15) is 47.2 Å². The number of carbonyl (C=O) groups is 4. The van der Waals surface area contributed by atoms with E-state index in [0.29, 0.717) is 23.3 Å². The third-order valence-electron chi connectivity index (χ3n) is 8.21. The molecule has 0 aromatic heterocycles. The van der Waals surface area contributed by atoms with Crippen molar-refractivity contribution in [3.05, 3.63) is 155 Å². The Balaban J connectivity index is 1.36. The lowest BCUT2D eigenvalue weighted by molar-refractivity contribution is -0.153. The molecule has 0 saturated carbocycles. The number of nitriles is 2. The van der Waals surface area contributed by atoms with E-state index in [2.05, 4.69) is 22.8 Å². The van der Waals surface area contributed by atoms with E-state index in [1.807, 2.05) is 72.8 Å². The van der Waals surface area contributed by atoms with Gasteiger partial charge in [0.1, 0.15) is 0 Å². The normalized spacial score (nSPS) is 14.3. The number of nitrogens with one attached hydrogen (secondary N) is 2. The largest absolute Gasteiger partial charge is 0.434 e. The standard InChI is InChI=1S/C40H38N6O6/c1-39(31-15-5-3-6-16-31,23-27-11-9-13-29(21-27)25-41)45-37(49)35(43)51-33(47)19-20-34(48)52-36(44)38(50)46-40(2,32-17-7-4-8-18-32)24-28-12-10-14-30(22-28)26-42/h3-22,35-36H,23-24,43-44H2,1-2H3,(H,45,49)(H,46,50)/b20-19-. The Morgan fingerprint density at radius 1 is 0.635 bits per heavy atom. The van der Waals surface area contributed by atoms with Crippen molar-refractivity contribution in [1.29, 1.82) is 10.5 Å². The molecule has 2 amide bonds. The molecule has 12 nitrogen and oxygen atoms in total. The molecule has 4 atom stereocenters. The third-order valence-corrected chi connectivity index (χ3v) is 8.21. The average Bonchev–Trinajstić information content (AvgIpc) is 3.14. The second-order valence-electron chi connectivity index (χ2n) is 12.4. The Hall–Kier alpha value is -6.60. The van der Waals surface area contributed by atoms with Gasteiger partial charge in [0.05, 0.1) is 34.3 Å². The lowest BCUT2D eigenvalue weighted by Gasteiger charge is -2.33. The van der Waals surface area contributed by atoms with Crippen molar-refractivity contribution in [2.45, 2.75) is 50.2 Å². The van der Waals surface area contributed by atoms with Crippen LogP contribution in [0.15, 0.2) is 121 Å². The number of nitrogens with two attached hydrogens (primary N) is 2. The van der Waals surface area contributed by atoms with Gasteiger partial charge in [0.15, 0.2) is 0 Å². The van der Waals surface area contributed by atoms with Crippen LogP contribution in [0.2, 0.25) is 0 Å². The maximum absolute atomic E-state index is 13.1. The van der Waals surface area contributed by atoms with Gasteiger partial charge in [-0.05, 0) is 73.2 Å². The molecule has 4 unspecified atom stereocenters. The quantitative estimate of drug-likeness (QED) is 0.0855. The van der Waals surface area contributed by atoms with E-state index < -0.39 is 47.3 Å². The SMILES string of the molecule is CC(Cc1cccc(C#N)c1)(NC(=O)C(N)OC(=O)/C=C\C(=O)OC(N)C(=O)NC(C)(Cc1cccc(C#N)c1)c1ccccc1)c1ccccc1. The minimum atomic E-state index is -1.75. The zero-order chi connectivity index (χ0) is 37.7. The van der Waals surface area contributed by atoms with E-state index in [4.69, 9.17) is 20.9 Å². The minimum absolute atomic E-state index is 0.289.